The molecule has 0 saturated carbocycles. The molecule has 0 saturated heterocycles. The lowest BCUT2D eigenvalue weighted by Gasteiger charge is -2.19. The van der Waals surface area contributed by atoms with Crippen LogP contribution < -0.4 is 10.1 Å². The lowest BCUT2D eigenvalue weighted by molar-refractivity contribution is -0.113. The molecule has 1 unspecified atom stereocenters. The van der Waals surface area contributed by atoms with Crippen LogP contribution in [0.15, 0.2) is 53.3 Å². The number of aromatic nitrogens is 2. The lowest BCUT2D eigenvalue weighted by Crippen LogP contribution is -2.12. The molecule has 0 radical (unpaired) electrons. The number of phenolic OH excluding ortho intramolecular Hbond substituents is 1. The normalized spacial score (nSPS) is 16.4. The third-order valence-corrected chi connectivity index (χ3v) is 6.09. The van der Waals surface area contributed by atoms with Gasteiger partial charge in [-0.25, -0.2) is 4.98 Å². The highest BCUT2D eigenvalue weighted by atomic mass is 79.9. The number of phenols is 1. The number of aromatic hydroxyl groups is 1. The minimum atomic E-state index is -0.153. The number of imidazole rings is 1. The Kier molecular flexibility index (Phi) is 4.84. The summed E-state index contributed by atoms with van der Waals surface area (Å²) >= 11 is 4.96. The maximum absolute atomic E-state index is 12.1. The summed E-state index contributed by atoms with van der Waals surface area (Å²) in [4.78, 5) is 16.6. The van der Waals surface area contributed by atoms with Crippen molar-refractivity contribution in [2.75, 3.05) is 18.2 Å². The van der Waals surface area contributed by atoms with E-state index in [-0.39, 0.29) is 16.9 Å². The first-order valence-electron chi connectivity index (χ1n) is 8.18. The fraction of sp³-hybridized carbons (Fsp3) is 0.158. The molecule has 1 aliphatic rings. The van der Waals surface area contributed by atoms with E-state index >= 15 is 0 Å². The van der Waals surface area contributed by atoms with Crippen LogP contribution in [-0.4, -0.2) is 33.4 Å². The summed E-state index contributed by atoms with van der Waals surface area (Å²) in [6.45, 7) is 0. The number of rotatable bonds is 3. The zero-order valence-electron chi connectivity index (χ0n) is 14.3. The predicted octanol–water partition coefficient (Wildman–Crippen LogP) is 4.12. The minimum Gasteiger partial charge on any atom is -0.504 e. The standard InChI is InChI=1S/C19H16BrN3O3S/c1-26-15-8-11(2-7-14(15)24)18-17-19(22-16(25)9-27-18)21-10-23(17)13-5-3-12(20)4-6-13/h2-8,10,18,24H,9H2,1H3,(H,22,25). The Morgan fingerprint density at radius 2 is 2.07 bits per heavy atom. The van der Waals surface area contributed by atoms with Gasteiger partial charge in [0.05, 0.1) is 23.8 Å². The number of nitrogens with one attached hydrogen (secondary N) is 1. The van der Waals surface area contributed by atoms with Gasteiger partial charge in [-0.15, -0.1) is 11.8 Å². The SMILES string of the molecule is COc1cc(C2SCC(=O)Nc3ncn(-c4ccc(Br)cc4)c32)ccc1O. The maximum atomic E-state index is 12.1. The van der Waals surface area contributed by atoms with Crippen molar-refractivity contribution in [3.63, 3.8) is 0 Å². The summed E-state index contributed by atoms with van der Waals surface area (Å²) < 4.78 is 8.22. The van der Waals surface area contributed by atoms with Crippen molar-refractivity contribution >= 4 is 39.4 Å². The lowest BCUT2D eigenvalue weighted by atomic mass is 10.1. The first kappa shape index (κ1) is 17.9. The van der Waals surface area contributed by atoms with Crippen LogP contribution in [-0.2, 0) is 4.79 Å². The van der Waals surface area contributed by atoms with E-state index in [1.165, 1.54) is 18.9 Å². The van der Waals surface area contributed by atoms with E-state index in [1.807, 2.05) is 34.9 Å². The number of carbonyl (C=O) groups is 1. The molecule has 138 valence electrons. The van der Waals surface area contributed by atoms with Gasteiger partial charge in [0.15, 0.2) is 17.3 Å². The van der Waals surface area contributed by atoms with E-state index < -0.39 is 0 Å². The Labute approximate surface area is 168 Å². The Morgan fingerprint density at radius 3 is 2.81 bits per heavy atom. The summed E-state index contributed by atoms with van der Waals surface area (Å²) in [5.41, 5.74) is 2.74. The number of benzene rings is 2. The average Bonchev–Trinajstić information content (AvgIpc) is 2.99. The third kappa shape index (κ3) is 3.42. The summed E-state index contributed by atoms with van der Waals surface area (Å²) in [6.07, 6.45) is 1.71. The number of nitrogens with zero attached hydrogens (tertiary/aromatic N) is 2. The minimum absolute atomic E-state index is 0.0794. The number of amides is 1. The van der Waals surface area contributed by atoms with Crippen molar-refractivity contribution in [1.29, 1.82) is 0 Å². The number of hydrogen-bond acceptors (Lipinski definition) is 5. The number of anilines is 1. The number of fused-ring (bicyclic) bond motifs is 1. The van der Waals surface area contributed by atoms with Crippen LogP contribution in [0.5, 0.6) is 11.5 Å². The molecule has 2 heterocycles. The van der Waals surface area contributed by atoms with Crippen LogP contribution in [0.2, 0.25) is 0 Å². The van der Waals surface area contributed by atoms with E-state index in [0.29, 0.717) is 17.3 Å². The highest BCUT2D eigenvalue weighted by Crippen LogP contribution is 2.44. The van der Waals surface area contributed by atoms with Crippen LogP contribution in [0.3, 0.4) is 0 Å². The zero-order valence-corrected chi connectivity index (χ0v) is 16.8. The van der Waals surface area contributed by atoms with E-state index in [9.17, 15) is 9.90 Å². The quantitative estimate of drug-likeness (QED) is 0.633. The fourth-order valence-electron chi connectivity index (χ4n) is 3.03. The Balaban J connectivity index is 1.87. The van der Waals surface area contributed by atoms with Gasteiger partial charge in [0, 0.05) is 10.2 Å². The van der Waals surface area contributed by atoms with E-state index in [4.69, 9.17) is 4.74 Å². The molecule has 0 fully saturated rings. The smallest absolute Gasteiger partial charge is 0.235 e. The molecular formula is C19H16BrN3O3S. The summed E-state index contributed by atoms with van der Waals surface area (Å²) in [5, 5.41) is 12.7. The second-order valence-corrected chi connectivity index (χ2v) is 8.00. The molecule has 6 nitrogen and oxygen atoms in total. The second kappa shape index (κ2) is 7.28. The van der Waals surface area contributed by atoms with Crippen molar-refractivity contribution < 1.29 is 14.6 Å². The van der Waals surface area contributed by atoms with Crippen LogP contribution in [0.25, 0.3) is 5.69 Å². The Bertz CT molecular complexity index is 1000. The Hall–Kier alpha value is -2.45. The van der Waals surface area contributed by atoms with Gasteiger partial charge in [0.25, 0.3) is 0 Å². The van der Waals surface area contributed by atoms with Crippen molar-refractivity contribution in [3.8, 4) is 17.2 Å². The highest BCUT2D eigenvalue weighted by Gasteiger charge is 2.29. The van der Waals surface area contributed by atoms with Gasteiger partial charge in [-0.3, -0.25) is 9.36 Å². The average molecular weight is 446 g/mol. The van der Waals surface area contributed by atoms with E-state index in [2.05, 4.69) is 26.2 Å². The molecule has 27 heavy (non-hydrogen) atoms. The molecule has 1 atom stereocenters. The molecule has 0 aliphatic carbocycles. The summed E-state index contributed by atoms with van der Waals surface area (Å²) in [7, 11) is 1.52. The van der Waals surface area contributed by atoms with Gasteiger partial charge in [-0.1, -0.05) is 22.0 Å². The van der Waals surface area contributed by atoms with Gasteiger partial charge in [0.2, 0.25) is 5.91 Å². The largest absolute Gasteiger partial charge is 0.504 e. The van der Waals surface area contributed by atoms with Crippen LogP contribution in [0, 0.1) is 0 Å². The predicted molar refractivity (Wildman–Crippen MR) is 109 cm³/mol. The van der Waals surface area contributed by atoms with Crippen LogP contribution in [0.1, 0.15) is 16.5 Å². The molecule has 1 aromatic heterocycles. The first-order chi connectivity index (χ1) is 13.1. The molecule has 3 aromatic rings. The monoisotopic (exact) mass is 445 g/mol. The number of hydrogen-bond donors (Lipinski definition) is 2. The zero-order chi connectivity index (χ0) is 19.0. The molecule has 2 N–H and O–H groups in total. The number of carbonyl (C=O) groups excluding carboxylic acids is 1. The maximum Gasteiger partial charge on any atom is 0.235 e. The first-order valence-corrected chi connectivity index (χ1v) is 10.0. The van der Waals surface area contributed by atoms with Gasteiger partial charge >= 0.3 is 0 Å². The number of halogens is 1. The molecule has 0 bridgehead atoms. The molecule has 0 spiro atoms. The highest BCUT2D eigenvalue weighted by molar-refractivity contribution is 9.10. The second-order valence-electron chi connectivity index (χ2n) is 6.00. The van der Waals surface area contributed by atoms with E-state index in [0.717, 1.165) is 21.4 Å². The summed E-state index contributed by atoms with van der Waals surface area (Å²) in [5.74, 6) is 1.24. The van der Waals surface area contributed by atoms with Crippen molar-refractivity contribution in [2.24, 2.45) is 0 Å². The third-order valence-electron chi connectivity index (χ3n) is 4.30. The van der Waals surface area contributed by atoms with Gasteiger partial charge in [0.1, 0.15) is 6.33 Å². The molecule has 2 aromatic carbocycles. The molecule has 8 heteroatoms. The van der Waals surface area contributed by atoms with Crippen LogP contribution in [0.4, 0.5) is 5.82 Å². The number of methoxy groups -OCH3 is 1. The summed E-state index contributed by atoms with van der Waals surface area (Å²) in [6, 6.07) is 13.1. The van der Waals surface area contributed by atoms with Gasteiger partial charge < -0.3 is 15.2 Å². The van der Waals surface area contributed by atoms with Crippen molar-refractivity contribution in [3.05, 3.63) is 64.5 Å². The fourth-order valence-corrected chi connectivity index (χ4v) is 4.41. The van der Waals surface area contributed by atoms with Gasteiger partial charge in [-0.05, 0) is 42.0 Å². The van der Waals surface area contributed by atoms with Gasteiger partial charge in [-0.2, -0.15) is 0 Å². The van der Waals surface area contributed by atoms with Crippen molar-refractivity contribution in [1.82, 2.24) is 9.55 Å². The number of ether oxygens (including phenoxy) is 1. The van der Waals surface area contributed by atoms with Crippen LogP contribution >= 0.6 is 27.7 Å². The number of thioether (sulfide) groups is 1. The van der Waals surface area contributed by atoms with Crippen molar-refractivity contribution in [2.45, 2.75) is 5.25 Å². The topological polar surface area (TPSA) is 76.4 Å². The molecule has 4 rings (SSSR count). The van der Waals surface area contributed by atoms with E-state index in [1.54, 1.807) is 18.5 Å². The molecule has 1 aliphatic heterocycles. The Morgan fingerprint density at radius 1 is 1.30 bits per heavy atom. The molecular weight excluding hydrogens is 430 g/mol. The molecule has 1 amide bonds.